The molecule has 0 spiro atoms. The van der Waals surface area contributed by atoms with Gasteiger partial charge in [-0.25, -0.2) is 9.97 Å². The summed E-state index contributed by atoms with van der Waals surface area (Å²) < 4.78 is 0. The first kappa shape index (κ1) is 15.9. The van der Waals surface area contributed by atoms with Crippen molar-refractivity contribution < 1.29 is 4.79 Å². The van der Waals surface area contributed by atoms with Gasteiger partial charge in [-0.2, -0.15) is 0 Å². The summed E-state index contributed by atoms with van der Waals surface area (Å²) in [5, 5.41) is 5.99. The number of aromatic nitrogens is 2. The second-order valence-corrected chi connectivity index (χ2v) is 5.71. The molecule has 0 fully saturated rings. The van der Waals surface area contributed by atoms with Crippen molar-refractivity contribution in [1.82, 2.24) is 15.3 Å². The second-order valence-electron chi connectivity index (χ2n) is 5.71. The smallest absolute Gasteiger partial charge is 0.270 e. The molecule has 1 aromatic heterocycles. The van der Waals surface area contributed by atoms with Gasteiger partial charge in [-0.1, -0.05) is 43.7 Å². The van der Waals surface area contributed by atoms with Gasteiger partial charge in [-0.05, 0) is 24.5 Å². The Labute approximate surface area is 131 Å². The van der Waals surface area contributed by atoms with E-state index in [1.807, 2.05) is 31.2 Å². The number of nitrogens with zero attached hydrogens (tertiary/aromatic N) is 2. The fourth-order valence-corrected chi connectivity index (χ4v) is 1.84. The molecule has 1 heterocycles. The normalized spacial score (nSPS) is 10.5. The average Bonchev–Trinajstić information content (AvgIpc) is 2.52. The molecule has 0 unspecified atom stereocenters. The fourth-order valence-electron chi connectivity index (χ4n) is 1.84. The molecule has 1 aromatic carbocycles. The first-order chi connectivity index (χ1) is 10.5. The molecule has 0 radical (unpaired) electrons. The molecule has 2 rings (SSSR count). The van der Waals surface area contributed by atoms with Crippen LogP contribution in [0.1, 0.15) is 35.5 Å². The monoisotopic (exact) mass is 298 g/mol. The maximum atomic E-state index is 12.1. The molecule has 0 saturated carbocycles. The third-order valence-corrected chi connectivity index (χ3v) is 3.13. The van der Waals surface area contributed by atoms with Gasteiger partial charge in [-0.3, -0.25) is 4.79 Å². The van der Waals surface area contributed by atoms with E-state index < -0.39 is 0 Å². The standard InChI is InChI=1S/C17H22N4O/c1-12(2)10-20-17-18-9-8-15(21-17)16(22)19-11-14-6-4-13(3)5-7-14/h4-9,12H,10-11H2,1-3H3,(H,19,22)(H,18,20,21). The summed E-state index contributed by atoms with van der Waals surface area (Å²) in [5.41, 5.74) is 2.63. The predicted octanol–water partition coefficient (Wildman–Crippen LogP) is 2.78. The molecule has 0 aliphatic carbocycles. The first-order valence-electron chi connectivity index (χ1n) is 7.45. The summed E-state index contributed by atoms with van der Waals surface area (Å²) in [6.07, 6.45) is 1.59. The van der Waals surface area contributed by atoms with Gasteiger partial charge in [0.25, 0.3) is 5.91 Å². The zero-order valence-corrected chi connectivity index (χ0v) is 13.3. The summed E-state index contributed by atoms with van der Waals surface area (Å²) >= 11 is 0. The summed E-state index contributed by atoms with van der Waals surface area (Å²) in [7, 11) is 0. The van der Waals surface area contributed by atoms with Crippen LogP contribution in [0.3, 0.4) is 0 Å². The van der Waals surface area contributed by atoms with Crippen molar-refractivity contribution in [2.45, 2.75) is 27.3 Å². The average molecular weight is 298 g/mol. The zero-order valence-electron chi connectivity index (χ0n) is 13.3. The minimum Gasteiger partial charge on any atom is -0.354 e. The Bertz CT molecular complexity index is 623. The minimum atomic E-state index is -0.199. The van der Waals surface area contributed by atoms with Crippen LogP contribution in [0, 0.1) is 12.8 Å². The molecule has 0 saturated heterocycles. The SMILES string of the molecule is Cc1ccc(CNC(=O)c2ccnc(NCC(C)C)n2)cc1. The number of benzene rings is 1. The molecule has 116 valence electrons. The van der Waals surface area contributed by atoms with Crippen LogP contribution >= 0.6 is 0 Å². The second kappa shape index (κ2) is 7.54. The van der Waals surface area contributed by atoms with Crippen LogP contribution in [0.5, 0.6) is 0 Å². The highest BCUT2D eigenvalue weighted by Crippen LogP contribution is 2.05. The Morgan fingerprint density at radius 1 is 1.18 bits per heavy atom. The predicted molar refractivity (Wildman–Crippen MR) is 87.7 cm³/mol. The quantitative estimate of drug-likeness (QED) is 0.860. The third kappa shape index (κ3) is 4.84. The van der Waals surface area contributed by atoms with Crippen LogP contribution in [-0.2, 0) is 6.54 Å². The maximum absolute atomic E-state index is 12.1. The van der Waals surface area contributed by atoms with Gasteiger partial charge in [0, 0.05) is 19.3 Å². The van der Waals surface area contributed by atoms with E-state index >= 15 is 0 Å². The minimum absolute atomic E-state index is 0.199. The number of nitrogens with one attached hydrogen (secondary N) is 2. The number of anilines is 1. The highest BCUT2D eigenvalue weighted by molar-refractivity contribution is 5.92. The van der Waals surface area contributed by atoms with Crippen LogP contribution in [-0.4, -0.2) is 22.4 Å². The van der Waals surface area contributed by atoms with E-state index in [2.05, 4.69) is 34.4 Å². The van der Waals surface area contributed by atoms with Gasteiger partial charge in [0.15, 0.2) is 0 Å². The highest BCUT2D eigenvalue weighted by atomic mass is 16.1. The molecule has 0 bridgehead atoms. The molecule has 0 atom stereocenters. The molecular formula is C17H22N4O. The van der Waals surface area contributed by atoms with Crippen LogP contribution < -0.4 is 10.6 Å². The van der Waals surface area contributed by atoms with Gasteiger partial charge in [0.05, 0.1) is 0 Å². The fraction of sp³-hybridized carbons (Fsp3) is 0.353. The first-order valence-corrected chi connectivity index (χ1v) is 7.45. The number of aryl methyl sites for hydroxylation is 1. The lowest BCUT2D eigenvalue weighted by atomic mass is 10.1. The lowest BCUT2D eigenvalue weighted by molar-refractivity contribution is 0.0946. The lowest BCUT2D eigenvalue weighted by Gasteiger charge is -2.09. The van der Waals surface area contributed by atoms with Crippen molar-refractivity contribution in [2.75, 3.05) is 11.9 Å². The number of carbonyl (C=O) groups is 1. The molecule has 2 N–H and O–H groups in total. The third-order valence-electron chi connectivity index (χ3n) is 3.13. The van der Waals surface area contributed by atoms with Crippen LogP contribution in [0.4, 0.5) is 5.95 Å². The van der Waals surface area contributed by atoms with E-state index in [4.69, 9.17) is 0 Å². The number of amides is 1. The van der Waals surface area contributed by atoms with Gasteiger partial charge >= 0.3 is 0 Å². The topological polar surface area (TPSA) is 66.9 Å². The zero-order chi connectivity index (χ0) is 15.9. The van der Waals surface area contributed by atoms with Gasteiger partial charge in [0.2, 0.25) is 5.95 Å². The maximum Gasteiger partial charge on any atom is 0.270 e. The Balaban J connectivity index is 1.94. The molecular weight excluding hydrogens is 276 g/mol. The van der Waals surface area contributed by atoms with E-state index in [0.717, 1.165) is 12.1 Å². The van der Waals surface area contributed by atoms with Crippen molar-refractivity contribution in [2.24, 2.45) is 5.92 Å². The van der Waals surface area contributed by atoms with E-state index in [1.165, 1.54) is 5.56 Å². The van der Waals surface area contributed by atoms with E-state index in [1.54, 1.807) is 12.3 Å². The Morgan fingerprint density at radius 2 is 1.91 bits per heavy atom. The van der Waals surface area contributed by atoms with Crippen LogP contribution in [0.2, 0.25) is 0 Å². The summed E-state index contributed by atoms with van der Waals surface area (Å²) in [4.78, 5) is 20.5. The Hall–Kier alpha value is -2.43. The van der Waals surface area contributed by atoms with E-state index in [-0.39, 0.29) is 5.91 Å². The highest BCUT2D eigenvalue weighted by Gasteiger charge is 2.08. The van der Waals surface area contributed by atoms with Gasteiger partial charge < -0.3 is 10.6 Å². The van der Waals surface area contributed by atoms with Crippen LogP contribution in [0.25, 0.3) is 0 Å². The number of hydrogen-bond donors (Lipinski definition) is 2. The molecule has 0 aliphatic heterocycles. The summed E-state index contributed by atoms with van der Waals surface area (Å²) in [6, 6.07) is 9.68. The molecule has 22 heavy (non-hydrogen) atoms. The summed E-state index contributed by atoms with van der Waals surface area (Å²) in [5.74, 6) is 0.773. The number of rotatable bonds is 6. The lowest BCUT2D eigenvalue weighted by Crippen LogP contribution is -2.24. The van der Waals surface area contributed by atoms with Gasteiger partial charge in [0.1, 0.15) is 5.69 Å². The van der Waals surface area contributed by atoms with Crippen molar-refractivity contribution >= 4 is 11.9 Å². The van der Waals surface area contributed by atoms with Crippen LogP contribution in [0.15, 0.2) is 36.5 Å². The van der Waals surface area contributed by atoms with E-state index in [9.17, 15) is 4.79 Å². The summed E-state index contributed by atoms with van der Waals surface area (Å²) in [6.45, 7) is 7.50. The molecule has 5 heteroatoms. The molecule has 0 aliphatic rings. The van der Waals surface area contributed by atoms with Gasteiger partial charge in [-0.15, -0.1) is 0 Å². The number of hydrogen-bond acceptors (Lipinski definition) is 4. The van der Waals surface area contributed by atoms with E-state index in [0.29, 0.717) is 24.1 Å². The van der Waals surface area contributed by atoms with Crippen molar-refractivity contribution in [3.05, 3.63) is 53.3 Å². The number of carbonyl (C=O) groups excluding carboxylic acids is 1. The van der Waals surface area contributed by atoms with Crippen molar-refractivity contribution in [3.63, 3.8) is 0 Å². The molecule has 2 aromatic rings. The Morgan fingerprint density at radius 3 is 2.59 bits per heavy atom. The van der Waals surface area contributed by atoms with Crippen molar-refractivity contribution in [1.29, 1.82) is 0 Å². The van der Waals surface area contributed by atoms with Crippen molar-refractivity contribution in [3.8, 4) is 0 Å². The Kier molecular flexibility index (Phi) is 5.47. The largest absolute Gasteiger partial charge is 0.354 e. The molecule has 1 amide bonds. The molecule has 5 nitrogen and oxygen atoms in total.